The summed E-state index contributed by atoms with van der Waals surface area (Å²) >= 11 is 19.8. The summed E-state index contributed by atoms with van der Waals surface area (Å²) in [4.78, 5) is 27.1. The van der Waals surface area contributed by atoms with Crippen LogP contribution in [0.15, 0.2) is 36.4 Å². The number of nitrogens with one attached hydrogen (secondary N) is 1. The van der Waals surface area contributed by atoms with E-state index in [0.717, 1.165) is 0 Å². The minimum absolute atomic E-state index is 0.0338. The van der Waals surface area contributed by atoms with Crippen LogP contribution in [0.2, 0.25) is 15.1 Å². The molecule has 0 aliphatic carbocycles. The zero-order valence-electron chi connectivity index (χ0n) is 17.4. The summed E-state index contributed by atoms with van der Waals surface area (Å²) in [6.45, 7) is 5.41. The number of halogens is 4. The van der Waals surface area contributed by atoms with Gasteiger partial charge in [0.1, 0.15) is 11.9 Å². The van der Waals surface area contributed by atoms with Gasteiger partial charge >= 0.3 is 0 Å². The van der Waals surface area contributed by atoms with Crippen LogP contribution < -0.4 is 5.32 Å². The summed E-state index contributed by atoms with van der Waals surface area (Å²) in [5, 5.41) is 3.95. The van der Waals surface area contributed by atoms with Crippen LogP contribution in [0, 0.1) is 5.82 Å². The third kappa shape index (κ3) is 7.28. The first kappa shape index (κ1) is 25.8. The van der Waals surface area contributed by atoms with Crippen LogP contribution in [0.3, 0.4) is 0 Å². The van der Waals surface area contributed by atoms with Crippen molar-refractivity contribution >= 4 is 58.4 Å². The number of carbonyl (C=O) groups excluding carboxylic acids is 2. The molecule has 0 unspecified atom stereocenters. The minimum Gasteiger partial charge on any atom is -0.352 e. The van der Waals surface area contributed by atoms with E-state index in [-0.39, 0.29) is 35.9 Å². The topological polar surface area (TPSA) is 49.4 Å². The Morgan fingerprint density at radius 2 is 1.55 bits per heavy atom. The lowest BCUT2D eigenvalue weighted by Crippen LogP contribution is -2.49. The maximum Gasteiger partial charge on any atom is 0.242 e. The first-order valence-corrected chi connectivity index (χ1v) is 11.9. The SMILES string of the molecule is CC(C)NC(=O)[C@H](C)N(Cc1c(Cl)cccc1Cl)C(=O)CSCc1c(F)cccc1Cl. The van der Waals surface area contributed by atoms with Gasteiger partial charge in [-0.15, -0.1) is 11.8 Å². The zero-order chi connectivity index (χ0) is 23.1. The number of hydrogen-bond donors (Lipinski definition) is 1. The van der Waals surface area contributed by atoms with E-state index in [4.69, 9.17) is 34.8 Å². The molecule has 0 saturated heterocycles. The van der Waals surface area contributed by atoms with Crippen molar-refractivity contribution in [3.05, 3.63) is 68.4 Å². The van der Waals surface area contributed by atoms with Crippen molar-refractivity contribution in [2.45, 2.75) is 45.2 Å². The highest BCUT2D eigenvalue weighted by molar-refractivity contribution is 7.99. The molecule has 31 heavy (non-hydrogen) atoms. The predicted molar refractivity (Wildman–Crippen MR) is 127 cm³/mol. The smallest absolute Gasteiger partial charge is 0.242 e. The molecule has 0 saturated carbocycles. The molecule has 0 aliphatic heterocycles. The van der Waals surface area contributed by atoms with Gasteiger partial charge in [0.15, 0.2) is 0 Å². The van der Waals surface area contributed by atoms with Crippen molar-refractivity contribution in [3.8, 4) is 0 Å². The number of carbonyl (C=O) groups is 2. The van der Waals surface area contributed by atoms with Crippen LogP contribution in [-0.2, 0) is 21.9 Å². The average molecular weight is 506 g/mol. The van der Waals surface area contributed by atoms with Gasteiger partial charge in [-0.2, -0.15) is 0 Å². The molecule has 2 amide bonds. The molecule has 168 valence electrons. The molecule has 1 atom stereocenters. The minimum atomic E-state index is -0.750. The lowest BCUT2D eigenvalue weighted by Gasteiger charge is -2.30. The van der Waals surface area contributed by atoms with E-state index in [0.29, 0.717) is 26.2 Å². The second kappa shape index (κ2) is 12.0. The van der Waals surface area contributed by atoms with E-state index in [1.165, 1.54) is 28.8 Å². The maximum absolute atomic E-state index is 14.0. The van der Waals surface area contributed by atoms with Crippen LogP contribution in [0.4, 0.5) is 4.39 Å². The molecule has 0 aliphatic rings. The molecule has 0 aromatic heterocycles. The van der Waals surface area contributed by atoms with Gasteiger partial charge in [-0.05, 0) is 45.0 Å². The molecular formula is C22H24Cl3FN2O2S. The van der Waals surface area contributed by atoms with Crippen LogP contribution in [-0.4, -0.2) is 34.6 Å². The average Bonchev–Trinajstić information content (AvgIpc) is 2.69. The standard InChI is InChI=1S/C22H24Cl3FN2O2S/c1-13(2)27-22(30)14(3)28(10-15-17(23)6-4-7-18(15)24)21(29)12-31-11-16-19(25)8-5-9-20(16)26/h4-9,13-14H,10-12H2,1-3H3,(H,27,30)/t14-/m0/s1. The van der Waals surface area contributed by atoms with Gasteiger partial charge in [0.05, 0.1) is 5.75 Å². The number of rotatable bonds is 9. The zero-order valence-corrected chi connectivity index (χ0v) is 20.5. The number of benzene rings is 2. The van der Waals surface area contributed by atoms with Crippen molar-refractivity contribution in [3.63, 3.8) is 0 Å². The normalized spacial score (nSPS) is 12.0. The van der Waals surface area contributed by atoms with Crippen molar-refractivity contribution < 1.29 is 14.0 Å². The van der Waals surface area contributed by atoms with Gasteiger partial charge in [0, 0.05) is 44.5 Å². The summed E-state index contributed by atoms with van der Waals surface area (Å²) in [6.07, 6.45) is 0. The summed E-state index contributed by atoms with van der Waals surface area (Å²) in [5.41, 5.74) is 0.902. The molecule has 4 nitrogen and oxygen atoms in total. The number of hydrogen-bond acceptors (Lipinski definition) is 3. The van der Waals surface area contributed by atoms with E-state index >= 15 is 0 Å². The fourth-order valence-electron chi connectivity index (χ4n) is 2.84. The molecule has 2 aromatic carbocycles. The molecule has 0 bridgehead atoms. The molecule has 0 radical (unpaired) electrons. The molecule has 2 aromatic rings. The monoisotopic (exact) mass is 504 g/mol. The van der Waals surface area contributed by atoms with Crippen LogP contribution >= 0.6 is 46.6 Å². The van der Waals surface area contributed by atoms with Gasteiger partial charge < -0.3 is 10.2 Å². The van der Waals surface area contributed by atoms with Crippen molar-refractivity contribution in [2.75, 3.05) is 5.75 Å². The second-order valence-corrected chi connectivity index (χ2v) is 9.46. The highest BCUT2D eigenvalue weighted by Crippen LogP contribution is 2.28. The lowest BCUT2D eigenvalue weighted by molar-refractivity contribution is -0.138. The fraction of sp³-hybridized carbons (Fsp3) is 0.364. The van der Waals surface area contributed by atoms with E-state index in [9.17, 15) is 14.0 Å². The Morgan fingerprint density at radius 3 is 2.10 bits per heavy atom. The van der Waals surface area contributed by atoms with Crippen LogP contribution in [0.1, 0.15) is 31.9 Å². The Bertz CT molecular complexity index is 902. The summed E-state index contributed by atoms with van der Waals surface area (Å²) in [6, 6.07) is 8.70. The van der Waals surface area contributed by atoms with E-state index in [2.05, 4.69) is 5.32 Å². The van der Waals surface area contributed by atoms with E-state index in [1.807, 2.05) is 13.8 Å². The van der Waals surface area contributed by atoms with Crippen molar-refractivity contribution in [1.82, 2.24) is 10.2 Å². The highest BCUT2D eigenvalue weighted by atomic mass is 35.5. The van der Waals surface area contributed by atoms with Crippen LogP contribution in [0.5, 0.6) is 0 Å². The Kier molecular flexibility index (Phi) is 9.94. The second-order valence-electron chi connectivity index (χ2n) is 7.25. The highest BCUT2D eigenvalue weighted by Gasteiger charge is 2.27. The van der Waals surface area contributed by atoms with Gasteiger partial charge in [0.25, 0.3) is 0 Å². The molecule has 0 fully saturated rings. The Labute approximate surface area is 201 Å². The molecule has 0 heterocycles. The van der Waals surface area contributed by atoms with Gasteiger partial charge in [-0.1, -0.05) is 46.9 Å². The molecule has 0 spiro atoms. The van der Waals surface area contributed by atoms with Crippen LogP contribution in [0.25, 0.3) is 0 Å². The molecular weight excluding hydrogens is 482 g/mol. The number of amides is 2. The summed E-state index contributed by atoms with van der Waals surface area (Å²) < 4.78 is 14.0. The fourth-order valence-corrected chi connectivity index (χ4v) is 4.60. The quantitative estimate of drug-likeness (QED) is 0.457. The summed E-state index contributed by atoms with van der Waals surface area (Å²) in [5.74, 6) is -0.735. The predicted octanol–water partition coefficient (Wildman–Crippen LogP) is 5.96. The third-order valence-corrected chi connectivity index (χ3v) is 6.53. The van der Waals surface area contributed by atoms with Crippen molar-refractivity contribution in [2.24, 2.45) is 0 Å². The van der Waals surface area contributed by atoms with E-state index in [1.54, 1.807) is 31.2 Å². The maximum atomic E-state index is 14.0. The Balaban J connectivity index is 2.18. The largest absolute Gasteiger partial charge is 0.352 e. The first-order chi connectivity index (χ1) is 14.6. The number of nitrogens with zero attached hydrogens (tertiary/aromatic N) is 1. The number of thioether (sulfide) groups is 1. The van der Waals surface area contributed by atoms with E-state index < -0.39 is 11.9 Å². The van der Waals surface area contributed by atoms with Crippen molar-refractivity contribution in [1.29, 1.82) is 0 Å². The lowest BCUT2D eigenvalue weighted by atomic mass is 10.1. The first-order valence-electron chi connectivity index (χ1n) is 9.65. The summed E-state index contributed by atoms with van der Waals surface area (Å²) in [7, 11) is 0. The molecule has 9 heteroatoms. The van der Waals surface area contributed by atoms with Gasteiger partial charge in [0.2, 0.25) is 11.8 Å². The Morgan fingerprint density at radius 1 is 1.00 bits per heavy atom. The molecule has 2 rings (SSSR count). The van der Waals surface area contributed by atoms with Gasteiger partial charge in [-0.3, -0.25) is 9.59 Å². The Hall–Kier alpha value is -1.47. The molecule has 1 N–H and O–H groups in total. The van der Waals surface area contributed by atoms with Gasteiger partial charge in [-0.25, -0.2) is 4.39 Å². The third-order valence-electron chi connectivity index (χ3n) is 4.52.